The van der Waals surface area contributed by atoms with Gasteiger partial charge in [-0.25, -0.2) is 4.98 Å². The summed E-state index contributed by atoms with van der Waals surface area (Å²) in [7, 11) is 0. The van der Waals surface area contributed by atoms with E-state index >= 15 is 0 Å². The molecule has 0 fully saturated rings. The van der Waals surface area contributed by atoms with Gasteiger partial charge in [-0.2, -0.15) is 13.2 Å². The molecule has 0 aliphatic heterocycles. The molecule has 1 rings (SSSR count). The Balaban J connectivity index is 2.79. The van der Waals surface area contributed by atoms with Gasteiger partial charge in [-0.05, 0) is 26.0 Å². The van der Waals surface area contributed by atoms with Gasteiger partial charge in [0, 0.05) is 13.1 Å². The van der Waals surface area contributed by atoms with Crippen LogP contribution in [-0.4, -0.2) is 20.8 Å². The Morgan fingerprint density at radius 2 is 1.85 bits per heavy atom. The van der Waals surface area contributed by atoms with Crippen molar-refractivity contribution < 1.29 is 22.8 Å². The third kappa shape index (κ3) is 4.52. The highest BCUT2D eigenvalue weighted by molar-refractivity contribution is 8.15. The first-order valence-electron chi connectivity index (χ1n) is 5.56. The summed E-state index contributed by atoms with van der Waals surface area (Å²) in [6.07, 6.45) is -3.83. The minimum atomic E-state index is -4.47. The Bertz CT molecular complexity index is 512. The molecule has 110 valence electrons. The molecule has 0 unspecified atom stereocenters. The van der Waals surface area contributed by atoms with Gasteiger partial charge in [0.15, 0.2) is 5.12 Å². The minimum Gasteiger partial charge on any atom is -0.309 e. The third-order valence-corrected chi connectivity index (χ3v) is 3.26. The lowest BCUT2D eigenvalue weighted by atomic mass is 10.2. The second kappa shape index (κ2) is 5.82. The fourth-order valence-electron chi connectivity index (χ4n) is 1.31. The summed E-state index contributed by atoms with van der Waals surface area (Å²) < 4.78 is 36.0. The number of amides is 1. The summed E-state index contributed by atoms with van der Waals surface area (Å²) in [5.74, 6) is -0.509. The van der Waals surface area contributed by atoms with E-state index in [0.717, 1.165) is 23.9 Å². The Morgan fingerprint density at radius 3 is 2.25 bits per heavy atom. The summed E-state index contributed by atoms with van der Waals surface area (Å²) >= 11 is 0.833. The highest BCUT2D eigenvalue weighted by Gasteiger charge is 2.32. The van der Waals surface area contributed by atoms with Gasteiger partial charge in [-0.15, -0.1) is 0 Å². The smallest absolute Gasteiger partial charge is 0.309 e. The number of nitrogens with zero attached hydrogens (tertiary/aromatic N) is 1. The fraction of sp³-hybridized carbons (Fsp3) is 0.417. The maximum atomic E-state index is 12.3. The van der Waals surface area contributed by atoms with E-state index in [1.54, 1.807) is 13.8 Å². The molecular formula is C12H13F3N2O2S. The van der Waals surface area contributed by atoms with Crippen molar-refractivity contribution in [3.63, 3.8) is 0 Å². The van der Waals surface area contributed by atoms with Gasteiger partial charge in [-0.1, -0.05) is 11.8 Å². The largest absolute Gasteiger partial charge is 0.417 e. The topological polar surface area (TPSA) is 59.1 Å². The van der Waals surface area contributed by atoms with E-state index in [0.29, 0.717) is 6.20 Å². The van der Waals surface area contributed by atoms with Crippen molar-refractivity contribution in [1.29, 1.82) is 0 Å². The number of carbonyl (C=O) groups excluding carboxylic acids is 2. The van der Waals surface area contributed by atoms with Crippen molar-refractivity contribution in [3.05, 3.63) is 23.9 Å². The zero-order valence-corrected chi connectivity index (χ0v) is 11.9. The first-order valence-corrected chi connectivity index (χ1v) is 6.38. The Hall–Kier alpha value is -1.57. The highest BCUT2D eigenvalue weighted by atomic mass is 32.2. The van der Waals surface area contributed by atoms with E-state index in [2.05, 4.69) is 10.3 Å². The summed E-state index contributed by atoms with van der Waals surface area (Å²) in [6, 6.07) is 1.89. The monoisotopic (exact) mass is 306 g/mol. The van der Waals surface area contributed by atoms with Crippen molar-refractivity contribution in [2.45, 2.75) is 31.7 Å². The van der Waals surface area contributed by atoms with Crippen LogP contribution >= 0.6 is 11.8 Å². The number of rotatable bonds is 3. The molecule has 0 radical (unpaired) electrons. The van der Waals surface area contributed by atoms with Gasteiger partial charge in [0.25, 0.3) is 0 Å². The minimum absolute atomic E-state index is 0.000210. The molecule has 0 aliphatic carbocycles. The van der Waals surface area contributed by atoms with Crippen molar-refractivity contribution in [2.75, 3.05) is 5.32 Å². The predicted molar refractivity (Wildman–Crippen MR) is 70.2 cm³/mol. The molecule has 20 heavy (non-hydrogen) atoms. The summed E-state index contributed by atoms with van der Waals surface area (Å²) in [5, 5.41) is 2.14. The average molecular weight is 306 g/mol. The maximum absolute atomic E-state index is 12.3. The number of nitrogens with one attached hydrogen (secondary N) is 1. The lowest BCUT2D eigenvalue weighted by Gasteiger charge is -2.21. The fourth-order valence-corrected chi connectivity index (χ4v) is 2.17. The van der Waals surface area contributed by atoms with Gasteiger partial charge < -0.3 is 5.32 Å². The van der Waals surface area contributed by atoms with Crippen molar-refractivity contribution >= 4 is 28.6 Å². The van der Waals surface area contributed by atoms with Crippen LogP contribution in [0.1, 0.15) is 26.3 Å². The second-order valence-electron chi connectivity index (χ2n) is 4.49. The molecule has 0 aromatic carbocycles. The van der Waals surface area contributed by atoms with Crippen LogP contribution in [0.4, 0.5) is 19.0 Å². The van der Waals surface area contributed by atoms with Crippen molar-refractivity contribution in [1.82, 2.24) is 4.98 Å². The van der Waals surface area contributed by atoms with Crippen molar-refractivity contribution in [2.24, 2.45) is 0 Å². The number of anilines is 1. The summed E-state index contributed by atoms with van der Waals surface area (Å²) in [4.78, 5) is 26.5. The average Bonchev–Trinajstić information content (AvgIpc) is 2.26. The zero-order valence-electron chi connectivity index (χ0n) is 11.0. The van der Waals surface area contributed by atoms with Gasteiger partial charge >= 0.3 is 6.18 Å². The third-order valence-electron chi connectivity index (χ3n) is 2.28. The van der Waals surface area contributed by atoms with E-state index in [1.165, 1.54) is 6.92 Å². The maximum Gasteiger partial charge on any atom is 0.417 e. The number of aromatic nitrogens is 1. The van der Waals surface area contributed by atoms with Crippen LogP contribution < -0.4 is 5.32 Å². The van der Waals surface area contributed by atoms with E-state index < -0.39 is 22.4 Å². The summed E-state index contributed by atoms with van der Waals surface area (Å²) in [5.41, 5.74) is -0.895. The highest BCUT2D eigenvalue weighted by Crippen LogP contribution is 2.29. The lowest BCUT2D eigenvalue weighted by Crippen LogP contribution is -2.35. The molecule has 0 aliphatic rings. The van der Waals surface area contributed by atoms with Gasteiger partial charge in [-0.3, -0.25) is 9.59 Å². The second-order valence-corrected chi connectivity index (χ2v) is 6.29. The van der Waals surface area contributed by atoms with Crippen LogP contribution in [0.5, 0.6) is 0 Å². The first kappa shape index (κ1) is 16.5. The molecule has 1 N–H and O–H groups in total. The number of pyridine rings is 1. The first-order chi connectivity index (χ1) is 9.02. The summed E-state index contributed by atoms with van der Waals surface area (Å²) in [6.45, 7) is 4.41. The molecule has 1 amide bonds. The number of thioether (sulfide) groups is 1. The molecule has 4 nitrogen and oxygen atoms in total. The normalized spacial score (nSPS) is 12.1. The molecule has 1 heterocycles. The van der Waals surface area contributed by atoms with E-state index in [1.807, 2.05) is 0 Å². The van der Waals surface area contributed by atoms with Crippen LogP contribution in [0.3, 0.4) is 0 Å². The zero-order chi connectivity index (χ0) is 15.6. The SMILES string of the molecule is CC(=O)SC(C)(C)C(=O)Nc1ccc(C(F)(F)F)cn1. The van der Waals surface area contributed by atoms with Crippen LogP contribution in [0.2, 0.25) is 0 Å². The Morgan fingerprint density at radius 1 is 1.25 bits per heavy atom. The van der Waals surface area contributed by atoms with Crippen LogP contribution in [0.15, 0.2) is 18.3 Å². The molecule has 0 spiro atoms. The van der Waals surface area contributed by atoms with Crippen molar-refractivity contribution in [3.8, 4) is 0 Å². The Labute approximate surface area is 118 Å². The quantitative estimate of drug-likeness (QED) is 0.932. The number of hydrogen-bond acceptors (Lipinski definition) is 4. The molecule has 1 aromatic heterocycles. The standard InChI is InChI=1S/C12H13F3N2O2S/c1-7(18)20-11(2,3)10(19)17-9-5-4-8(6-16-9)12(13,14)15/h4-6H,1-3H3,(H,16,17,19). The number of alkyl halides is 3. The van der Waals surface area contributed by atoms with Gasteiger partial charge in [0.2, 0.25) is 5.91 Å². The molecule has 1 aromatic rings. The number of carbonyl (C=O) groups is 2. The lowest BCUT2D eigenvalue weighted by molar-refractivity contribution is -0.137. The number of halogens is 3. The van der Waals surface area contributed by atoms with E-state index in [4.69, 9.17) is 0 Å². The molecule has 0 saturated carbocycles. The van der Waals surface area contributed by atoms with Gasteiger partial charge in [0.05, 0.1) is 10.3 Å². The van der Waals surface area contributed by atoms with Crippen LogP contribution in [-0.2, 0) is 15.8 Å². The number of hydrogen-bond donors (Lipinski definition) is 1. The van der Waals surface area contributed by atoms with Crippen LogP contribution in [0.25, 0.3) is 0 Å². The molecule has 0 saturated heterocycles. The predicted octanol–water partition coefficient (Wildman–Crippen LogP) is 3.10. The van der Waals surface area contributed by atoms with Crippen LogP contribution in [0, 0.1) is 0 Å². The Kier molecular flexibility index (Phi) is 4.80. The van der Waals surface area contributed by atoms with Gasteiger partial charge in [0.1, 0.15) is 5.82 Å². The molecular weight excluding hydrogens is 293 g/mol. The molecule has 8 heteroatoms. The molecule has 0 bridgehead atoms. The van der Waals surface area contributed by atoms with E-state index in [-0.39, 0.29) is 10.9 Å². The van der Waals surface area contributed by atoms with E-state index in [9.17, 15) is 22.8 Å². The molecule has 0 atom stereocenters.